The third kappa shape index (κ3) is 3.00. The van der Waals surface area contributed by atoms with Crippen LogP contribution in [0.1, 0.15) is 25.3 Å². The second kappa shape index (κ2) is 5.60. The molecule has 1 unspecified atom stereocenters. The van der Waals surface area contributed by atoms with Crippen LogP contribution in [-0.2, 0) is 0 Å². The molecule has 0 aliphatic carbocycles. The van der Waals surface area contributed by atoms with E-state index in [0.717, 1.165) is 25.2 Å². The van der Waals surface area contributed by atoms with Crippen LogP contribution in [0.2, 0.25) is 0 Å². The van der Waals surface area contributed by atoms with Gasteiger partial charge in [0.05, 0.1) is 0 Å². The Labute approximate surface area is 85.7 Å². The maximum Gasteiger partial charge on any atom is 0.129 e. The minimum Gasteiger partial charge on any atom is -0.367 e. The molecule has 0 saturated carbocycles. The molecule has 1 aromatic rings. The molecular formula is C11H19N3. The lowest BCUT2D eigenvalue weighted by atomic mass is 10.1. The molecule has 0 spiro atoms. The van der Waals surface area contributed by atoms with Gasteiger partial charge in [0.25, 0.3) is 0 Å². The first-order chi connectivity index (χ1) is 6.77. The van der Waals surface area contributed by atoms with E-state index >= 15 is 0 Å². The summed E-state index contributed by atoms with van der Waals surface area (Å²) in [5.41, 5.74) is 6.72. The Kier molecular flexibility index (Phi) is 4.40. The summed E-state index contributed by atoms with van der Waals surface area (Å²) in [4.78, 5) is 4.30. The topological polar surface area (TPSA) is 50.9 Å². The van der Waals surface area contributed by atoms with Gasteiger partial charge in [0.1, 0.15) is 5.82 Å². The third-order valence-electron chi connectivity index (χ3n) is 2.36. The van der Waals surface area contributed by atoms with Gasteiger partial charge in [-0.25, -0.2) is 4.98 Å². The highest BCUT2D eigenvalue weighted by Crippen LogP contribution is 2.12. The first kappa shape index (κ1) is 11.0. The molecule has 78 valence electrons. The summed E-state index contributed by atoms with van der Waals surface area (Å²) in [6, 6.07) is 4.45. The molecule has 0 fully saturated rings. The normalized spacial score (nSPS) is 12.5. The van der Waals surface area contributed by atoms with Gasteiger partial charge < -0.3 is 11.1 Å². The van der Waals surface area contributed by atoms with Crippen molar-refractivity contribution in [1.82, 2.24) is 4.98 Å². The van der Waals surface area contributed by atoms with E-state index in [2.05, 4.69) is 30.2 Å². The van der Waals surface area contributed by atoms with Gasteiger partial charge in [-0.15, -0.1) is 0 Å². The molecule has 0 amide bonds. The average molecular weight is 193 g/mol. The van der Waals surface area contributed by atoms with Crippen LogP contribution in [0.3, 0.4) is 0 Å². The van der Waals surface area contributed by atoms with Crippen LogP contribution < -0.4 is 11.1 Å². The van der Waals surface area contributed by atoms with E-state index in [1.807, 2.05) is 12.3 Å². The summed E-state index contributed by atoms with van der Waals surface area (Å²) < 4.78 is 0. The van der Waals surface area contributed by atoms with Crippen molar-refractivity contribution >= 4 is 5.82 Å². The van der Waals surface area contributed by atoms with E-state index in [1.54, 1.807) is 0 Å². The number of anilines is 1. The predicted molar refractivity (Wildman–Crippen MR) is 60.3 cm³/mol. The molecular weight excluding hydrogens is 174 g/mol. The summed E-state index contributed by atoms with van der Waals surface area (Å²) in [6.07, 6.45) is 3.88. The number of nitrogens with one attached hydrogen (secondary N) is 1. The summed E-state index contributed by atoms with van der Waals surface area (Å²) in [7, 11) is 0. The predicted octanol–water partition coefficient (Wildman–Crippen LogP) is 1.93. The van der Waals surface area contributed by atoms with Crippen LogP contribution in [0, 0.1) is 6.92 Å². The molecule has 1 heterocycles. The third-order valence-corrected chi connectivity index (χ3v) is 2.36. The first-order valence-electron chi connectivity index (χ1n) is 5.16. The molecule has 1 atom stereocenters. The SMILES string of the molecule is CCC(CCN)Nc1ncccc1C. The zero-order chi connectivity index (χ0) is 10.4. The zero-order valence-electron chi connectivity index (χ0n) is 8.96. The Balaban J connectivity index is 2.62. The van der Waals surface area contributed by atoms with Crippen molar-refractivity contribution in [3.05, 3.63) is 23.9 Å². The Morgan fingerprint density at radius 2 is 2.36 bits per heavy atom. The van der Waals surface area contributed by atoms with Gasteiger partial charge in [0, 0.05) is 12.2 Å². The molecule has 0 bridgehead atoms. The van der Waals surface area contributed by atoms with Crippen molar-refractivity contribution in [2.24, 2.45) is 5.73 Å². The van der Waals surface area contributed by atoms with Gasteiger partial charge in [0.2, 0.25) is 0 Å². The fraction of sp³-hybridized carbons (Fsp3) is 0.545. The van der Waals surface area contributed by atoms with E-state index < -0.39 is 0 Å². The maximum atomic E-state index is 5.54. The van der Waals surface area contributed by atoms with E-state index in [1.165, 1.54) is 5.56 Å². The summed E-state index contributed by atoms with van der Waals surface area (Å²) >= 11 is 0. The number of rotatable bonds is 5. The lowest BCUT2D eigenvalue weighted by Crippen LogP contribution is -2.23. The van der Waals surface area contributed by atoms with Crippen LogP contribution in [-0.4, -0.2) is 17.6 Å². The van der Waals surface area contributed by atoms with Gasteiger partial charge in [-0.05, 0) is 37.9 Å². The maximum absolute atomic E-state index is 5.54. The van der Waals surface area contributed by atoms with Crippen molar-refractivity contribution in [3.63, 3.8) is 0 Å². The van der Waals surface area contributed by atoms with Gasteiger partial charge in [-0.1, -0.05) is 13.0 Å². The minimum absolute atomic E-state index is 0.439. The van der Waals surface area contributed by atoms with Crippen LogP contribution in [0.5, 0.6) is 0 Å². The Bertz CT molecular complexity index is 273. The van der Waals surface area contributed by atoms with Crippen LogP contribution in [0.25, 0.3) is 0 Å². The minimum atomic E-state index is 0.439. The fourth-order valence-electron chi connectivity index (χ4n) is 1.41. The highest BCUT2D eigenvalue weighted by atomic mass is 15.0. The Morgan fingerprint density at radius 3 is 2.93 bits per heavy atom. The molecule has 0 radical (unpaired) electrons. The summed E-state index contributed by atoms with van der Waals surface area (Å²) in [5, 5.41) is 3.41. The van der Waals surface area contributed by atoms with Gasteiger partial charge >= 0.3 is 0 Å². The number of nitrogens with zero attached hydrogens (tertiary/aromatic N) is 1. The van der Waals surface area contributed by atoms with Crippen molar-refractivity contribution in [3.8, 4) is 0 Å². The monoisotopic (exact) mass is 193 g/mol. The van der Waals surface area contributed by atoms with E-state index in [9.17, 15) is 0 Å². The second-order valence-electron chi connectivity index (χ2n) is 3.50. The summed E-state index contributed by atoms with van der Waals surface area (Å²) in [5.74, 6) is 0.979. The van der Waals surface area contributed by atoms with E-state index in [4.69, 9.17) is 5.73 Å². The molecule has 0 aromatic carbocycles. The molecule has 3 nitrogen and oxygen atoms in total. The van der Waals surface area contributed by atoms with Crippen molar-refractivity contribution in [2.75, 3.05) is 11.9 Å². The number of aromatic nitrogens is 1. The Morgan fingerprint density at radius 1 is 1.57 bits per heavy atom. The number of hydrogen-bond donors (Lipinski definition) is 2. The highest BCUT2D eigenvalue weighted by Gasteiger charge is 2.06. The van der Waals surface area contributed by atoms with Gasteiger partial charge in [-0.3, -0.25) is 0 Å². The molecule has 1 rings (SSSR count). The quantitative estimate of drug-likeness (QED) is 0.751. The number of pyridine rings is 1. The molecule has 14 heavy (non-hydrogen) atoms. The first-order valence-corrected chi connectivity index (χ1v) is 5.16. The fourth-order valence-corrected chi connectivity index (χ4v) is 1.41. The Hall–Kier alpha value is -1.09. The molecule has 3 heteroatoms. The van der Waals surface area contributed by atoms with Crippen LogP contribution >= 0.6 is 0 Å². The standard InChI is InChI=1S/C11H19N3/c1-3-10(6-7-12)14-11-9(2)5-4-8-13-11/h4-5,8,10H,3,6-7,12H2,1-2H3,(H,13,14). The highest BCUT2D eigenvalue weighted by molar-refractivity contribution is 5.43. The molecule has 1 aromatic heterocycles. The van der Waals surface area contributed by atoms with Crippen molar-refractivity contribution in [1.29, 1.82) is 0 Å². The molecule has 0 aliphatic rings. The van der Waals surface area contributed by atoms with Crippen LogP contribution in [0.15, 0.2) is 18.3 Å². The largest absolute Gasteiger partial charge is 0.367 e. The van der Waals surface area contributed by atoms with Crippen LogP contribution in [0.4, 0.5) is 5.82 Å². The van der Waals surface area contributed by atoms with Gasteiger partial charge in [0.15, 0.2) is 0 Å². The zero-order valence-corrected chi connectivity index (χ0v) is 8.96. The lowest BCUT2D eigenvalue weighted by Gasteiger charge is -2.17. The smallest absolute Gasteiger partial charge is 0.129 e. The number of nitrogens with two attached hydrogens (primary N) is 1. The lowest BCUT2D eigenvalue weighted by molar-refractivity contribution is 0.639. The number of hydrogen-bond acceptors (Lipinski definition) is 3. The number of aryl methyl sites for hydroxylation is 1. The van der Waals surface area contributed by atoms with Crippen molar-refractivity contribution < 1.29 is 0 Å². The van der Waals surface area contributed by atoms with Gasteiger partial charge in [-0.2, -0.15) is 0 Å². The average Bonchev–Trinajstić information content (AvgIpc) is 2.20. The summed E-state index contributed by atoms with van der Waals surface area (Å²) in [6.45, 7) is 4.94. The second-order valence-corrected chi connectivity index (χ2v) is 3.50. The molecule has 0 aliphatic heterocycles. The molecule has 3 N–H and O–H groups in total. The molecule has 0 saturated heterocycles. The van der Waals surface area contributed by atoms with E-state index in [-0.39, 0.29) is 0 Å². The van der Waals surface area contributed by atoms with Crippen molar-refractivity contribution in [2.45, 2.75) is 32.7 Å². The van der Waals surface area contributed by atoms with E-state index in [0.29, 0.717) is 6.04 Å².